The highest BCUT2D eigenvalue weighted by atomic mass is 35.5. The molecule has 0 aliphatic carbocycles. The molecule has 0 unspecified atom stereocenters. The third-order valence-electron chi connectivity index (χ3n) is 2.44. The highest BCUT2D eigenvalue weighted by Crippen LogP contribution is 2.22. The number of rotatable bonds is 2. The minimum Gasteiger partial charge on any atom is -0.332 e. The first kappa shape index (κ1) is 14.8. The number of benzene rings is 2. The maximum Gasteiger partial charge on any atom is 0.257 e. The number of carbonyl (C=O) groups excluding carboxylic acids is 1. The Hall–Kier alpha value is -1.62. The Morgan fingerprint density at radius 2 is 1.70 bits per heavy atom. The highest BCUT2D eigenvalue weighted by Gasteiger charge is 2.09. The Morgan fingerprint density at radius 1 is 1.00 bits per heavy atom. The van der Waals surface area contributed by atoms with E-state index in [4.69, 9.17) is 35.4 Å². The van der Waals surface area contributed by atoms with E-state index < -0.39 is 0 Å². The first-order valence-electron chi connectivity index (χ1n) is 5.68. The van der Waals surface area contributed by atoms with E-state index in [1.54, 1.807) is 12.1 Å². The number of anilines is 1. The Kier molecular flexibility index (Phi) is 4.95. The van der Waals surface area contributed by atoms with Crippen LogP contribution in [0.25, 0.3) is 0 Å². The summed E-state index contributed by atoms with van der Waals surface area (Å²) in [4.78, 5) is 12.0. The van der Waals surface area contributed by atoms with Gasteiger partial charge in [0.15, 0.2) is 5.11 Å². The standard InChI is InChI=1S/C14H10Cl2N2OS/c15-11-7-6-9(8-12(11)16)13(19)18-14(20)17-10-4-2-1-3-5-10/h1-8H,(H2,17,18,19,20). The van der Waals surface area contributed by atoms with E-state index in [1.807, 2.05) is 30.3 Å². The fraction of sp³-hybridized carbons (Fsp3) is 0. The lowest BCUT2D eigenvalue weighted by atomic mass is 10.2. The highest BCUT2D eigenvalue weighted by molar-refractivity contribution is 7.80. The Labute approximate surface area is 131 Å². The second-order valence-corrected chi connectivity index (χ2v) is 5.13. The van der Waals surface area contributed by atoms with Crippen molar-refractivity contribution < 1.29 is 4.79 Å². The maximum absolute atomic E-state index is 12.0. The molecule has 2 rings (SSSR count). The van der Waals surface area contributed by atoms with Crippen LogP contribution in [0.5, 0.6) is 0 Å². The summed E-state index contributed by atoms with van der Waals surface area (Å²) >= 11 is 16.7. The van der Waals surface area contributed by atoms with Crippen LogP contribution in [0.4, 0.5) is 5.69 Å². The topological polar surface area (TPSA) is 41.1 Å². The number of para-hydroxylation sites is 1. The van der Waals surface area contributed by atoms with Crippen LogP contribution in [0.1, 0.15) is 10.4 Å². The molecule has 0 atom stereocenters. The smallest absolute Gasteiger partial charge is 0.257 e. The average Bonchev–Trinajstić information content (AvgIpc) is 2.42. The van der Waals surface area contributed by atoms with Gasteiger partial charge in [-0.3, -0.25) is 10.1 Å². The molecule has 0 bridgehead atoms. The van der Waals surface area contributed by atoms with Crippen molar-refractivity contribution in [1.82, 2.24) is 5.32 Å². The summed E-state index contributed by atoms with van der Waals surface area (Å²) < 4.78 is 0. The van der Waals surface area contributed by atoms with E-state index in [-0.39, 0.29) is 11.0 Å². The number of nitrogens with one attached hydrogen (secondary N) is 2. The summed E-state index contributed by atoms with van der Waals surface area (Å²) in [6.07, 6.45) is 0. The molecule has 2 aromatic rings. The van der Waals surface area contributed by atoms with Gasteiger partial charge in [0, 0.05) is 11.3 Å². The van der Waals surface area contributed by atoms with E-state index in [0.29, 0.717) is 15.6 Å². The predicted molar refractivity (Wildman–Crippen MR) is 86.6 cm³/mol. The first-order chi connectivity index (χ1) is 9.56. The Bertz CT molecular complexity index is 647. The number of halogens is 2. The van der Waals surface area contributed by atoms with Crippen LogP contribution in [0.3, 0.4) is 0 Å². The second kappa shape index (κ2) is 6.70. The van der Waals surface area contributed by atoms with Crippen LogP contribution in [0.2, 0.25) is 10.0 Å². The monoisotopic (exact) mass is 324 g/mol. The van der Waals surface area contributed by atoms with Crippen molar-refractivity contribution in [2.45, 2.75) is 0 Å². The molecule has 0 heterocycles. The molecule has 0 spiro atoms. The minimum atomic E-state index is -0.350. The van der Waals surface area contributed by atoms with E-state index in [2.05, 4.69) is 10.6 Å². The second-order valence-electron chi connectivity index (χ2n) is 3.90. The van der Waals surface area contributed by atoms with Crippen LogP contribution >= 0.6 is 35.4 Å². The zero-order chi connectivity index (χ0) is 14.5. The fourth-order valence-corrected chi connectivity index (χ4v) is 2.01. The molecule has 20 heavy (non-hydrogen) atoms. The quantitative estimate of drug-likeness (QED) is 0.816. The van der Waals surface area contributed by atoms with E-state index in [0.717, 1.165) is 5.69 Å². The number of thiocarbonyl (C=S) groups is 1. The van der Waals surface area contributed by atoms with Crippen LogP contribution in [0, 0.1) is 0 Å². The van der Waals surface area contributed by atoms with Crippen LogP contribution < -0.4 is 10.6 Å². The lowest BCUT2D eigenvalue weighted by molar-refractivity contribution is 0.0978. The molecule has 0 saturated heterocycles. The third kappa shape index (κ3) is 3.93. The van der Waals surface area contributed by atoms with Crippen LogP contribution in [-0.4, -0.2) is 11.0 Å². The van der Waals surface area contributed by atoms with Gasteiger partial charge in [0.05, 0.1) is 10.0 Å². The summed E-state index contributed by atoms with van der Waals surface area (Å²) in [5.41, 5.74) is 1.18. The van der Waals surface area contributed by atoms with E-state index in [1.165, 1.54) is 6.07 Å². The molecule has 0 aromatic heterocycles. The molecule has 102 valence electrons. The Balaban J connectivity index is 2.00. The molecule has 3 nitrogen and oxygen atoms in total. The van der Waals surface area contributed by atoms with Gasteiger partial charge >= 0.3 is 0 Å². The SMILES string of the molecule is O=C(NC(=S)Nc1ccccc1)c1ccc(Cl)c(Cl)c1. The van der Waals surface area contributed by atoms with Gasteiger partial charge in [-0.2, -0.15) is 0 Å². The van der Waals surface area contributed by atoms with Crippen molar-refractivity contribution in [3.63, 3.8) is 0 Å². The molecular weight excluding hydrogens is 315 g/mol. The molecule has 2 aromatic carbocycles. The number of amides is 1. The van der Waals surface area contributed by atoms with Gasteiger partial charge in [-0.25, -0.2) is 0 Å². The van der Waals surface area contributed by atoms with Crippen molar-refractivity contribution in [3.8, 4) is 0 Å². The van der Waals surface area contributed by atoms with Crippen molar-refractivity contribution in [2.24, 2.45) is 0 Å². The third-order valence-corrected chi connectivity index (χ3v) is 3.38. The number of hydrogen-bond donors (Lipinski definition) is 2. The summed E-state index contributed by atoms with van der Waals surface area (Å²) in [5.74, 6) is -0.350. The molecule has 2 N–H and O–H groups in total. The molecule has 0 saturated carbocycles. The lowest BCUT2D eigenvalue weighted by Gasteiger charge is -2.09. The molecule has 0 aliphatic rings. The maximum atomic E-state index is 12.0. The van der Waals surface area contributed by atoms with Crippen LogP contribution in [-0.2, 0) is 0 Å². The van der Waals surface area contributed by atoms with Gasteiger partial charge in [0.2, 0.25) is 0 Å². The van der Waals surface area contributed by atoms with Gasteiger partial charge in [-0.1, -0.05) is 41.4 Å². The van der Waals surface area contributed by atoms with Gasteiger partial charge < -0.3 is 5.32 Å². The molecule has 0 radical (unpaired) electrons. The van der Waals surface area contributed by atoms with Crippen molar-refractivity contribution in [3.05, 3.63) is 64.1 Å². The normalized spacial score (nSPS) is 9.90. The van der Waals surface area contributed by atoms with Gasteiger partial charge in [-0.15, -0.1) is 0 Å². The van der Waals surface area contributed by atoms with Crippen molar-refractivity contribution in [1.29, 1.82) is 0 Å². The predicted octanol–water partition coefficient (Wildman–Crippen LogP) is 4.12. The number of carbonyl (C=O) groups is 1. The zero-order valence-corrected chi connectivity index (χ0v) is 12.5. The first-order valence-corrected chi connectivity index (χ1v) is 6.85. The fourth-order valence-electron chi connectivity index (χ4n) is 1.50. The zero-order valence-electron chi connectivity index (χ0n) is 10.2. The van der Waals surface area contributed by atoms with Gasteiger partial charge in [0.25, 0.3) is 5.91 Å². The average molecular weight is 325 g/mol. The van der Waals surface area contributed by atoms with Gasteiger partial charge in [0.1, 0.15) is 0 Å². The lowest BCUT2D eigenvalue weighted by Crippen LogP contribution is -2.34. The van der Waals surface area contributed by atoms with Crippen molar-refractivity contribution >= 4 is 52.1 Å². The Morgan fingerprint density at radius 3 is 2.35 bits per heavy atom. The van der Waals surface area contributed by atoms with E-state index >= 15 is 0 Å². The van der Waals surface area contributed by atoms with Gasteiger partial charge in [-0.05, 0) is 42.5 Å². The summed E-state index contributed by atoms with van der Waals surface area (Å²) in [5, 5.41) is 6.41. The molecular formula is C14H10Cl2N2OS. The minimum absolute atomic E-state index is 0.215. The molecule has 0 aliphatic heterocycles. The summed E-state index contributed by atoms with van der Waals surface area (Å²) in [6, 6.07) is 13.9. The number of hydrogen-bond acceptors (Lipinski definition) is 2. The van der Waals surface area contributed by atoms with E-state index in [9.17, 15) is 4.79 Å². The summed E-state index contributed by atoms with van der Waals surface area (Å²) in [7, 11) is 0. The molecule has 0 fully saturated rings. The van der Waals surface area contributed by atoms with Crippen molar-refractivity contribution in [2.75, 3.05) is 5.32 Å². The van der Waals surface area contributed by atoms with Crippen LogP contribution in [0.15, 0.2) is 48.5 Å². The largest absolute Gasteiger partial charge is 0.332 e. The molecule has 1 amide bonds. The molecule has 6 heteroatoms. The summed E-state index contributed by atoms with van der Waals surface area (Å²) in [6.45, 7) is 0.